The van der Waals surface area contributed by atoms with Crippen LogP contribution in [0.25, 0.3) is 0 Å². The van der Waals surface area contributed by atoms with E-state index in [4.69, 9.17) is 0 Å². The minimum atomic E-state index is -4.52. The Morgan fingerprint density at radius 1 is 1.53 bits per heavy atom. The van der Waals surface area contributed by atoms with Gasteiger partial charge < -0.3 is 10.1 Å². The van der Waals surface area contributed by atoms with Crippen LogP contribution < -0.4 is 5.32 Å². The van der Waals surface area contributed by atoms with E-state index in [2.05, 4.69) is 20.0 Å². The summed E-state index contributed by atoms with van der Waals surface area (Å²) in [5.41, 5.74) is -1.06. The first-order valence-corrected chi connectivity index (χ1v) is 4.63. The first kappa shape index (κ1) is 13.2. The molecule has 0 aliphatic rings. The molecule has 0 spiro atoms. The van der Waals surface area contributed by atoms with Crippen LogP contribution in [0.3, 0.4) is 0 Å². The van der Waals surface area contributed by atoms with Crippen molar-refractivity contribution in [2.45, 2.75) is 12.6 Å². The summed E-state index contributed by atoms with van der Waals surface area (Å²) in [6.07, 6.45) is -3.33. The number of alkyl halides is 3. The highest BCUT2D eigenvalue weighted by atomic mass is 19.4. The predicted molar refractivity (Wildman–Crippen MR) is 51.1 cm³/mol. The van der Waals surface area contributed by atoms with Gasteiger partial charge in [-0.1, -0.05) is 0 Å². The normalized spacial score (nSPS) is 11.1. The monoisotopic (exact) mass is 249 g/mol. The average molecular weight is 249 g/mol. The van der Waals surface area contributed by atoms with Crippen LogP contribution in [0.15, 0.2) is 12.5 Å². The summed E-state index contributed by atoms with van der Waals surface area (Å²) in [7, 11) is 1.17. The smallest absolute Gasteiger partial charge is 0.433 e. The van der Waals surface area contributed by atoms with Crippen molar-refractivity contribution in [3.8, 4) is 0 Å². The van der Waals surface area contributed by atoms with Gasteiger partial charge >= 0.3 is 12.3 Å². The third kappa shape index (κ3) is 3.89. The second-order valence-corrected chi connectivity index (χ2v) is 3.06. The van der Waals surface area contributed by atoms with Gasteiger partial charge in [0.05, 0.1) is 7.11 Å². The molecule has 1 heterocycles. The molecule has 17 heavy (non-hydrogen) atoms. The molecular weight excluding hydrogens is 239 g/mol. The van der Waals surface area contributed by atoms with E-state index in [1.54, 1.807) is 0 Å². The Hall–Kier alpha value is -1.86. The molecule has 1 N–H and O–H groups in total. The van der Waals surface area contributed by atoms with Crippen molar-refractivity contribution in [1.82, 2.24) is 15.3 Å². The van der Waals surface area contributed by atoms with E-state index in [1.807, 2.05) is 0 Å². The van der Waals surface area contributed by atoms with Crippen molar-refractivity contribution >= 4 is 6.09 Å². The summed E-state index contributed by atoms with van der Waals surface area (Å²) in [4.78, 5) is 17.4. The number of hydrogen-bond donors (Lipinski definition) is 1. The van der Waals surface area contributed by atoms with Crippen molar-refractivity contribution in [3.63, 3.8) is 0 Å². The van der Waals surface area contributed by atoms with Gasteiger partial charge in [0.15, 0.2) is 5.69 Å². The van der Waals surface area contributed by atoms with Crippen LogP contribution in [-0.4, -0.2) is 29.7 Å². The minimum absolute atomic E-state index is 0.0170. The highest BCUT2D eigenvalue weighted by molar-refractivity contribution is 5.66. The molecule has 0 aliphatic heterocycles. The number of nitrogens with zero attached hydrogens (tertiary/aromatic N) is 2. The molecule has 0 radical (unpaired) electrons. The topological polar surface area (TPSA) is 64.1 Å². The molecule has 0 unspecified atom stereocenters. The third-order valence-corrected chi connectivity index (χ3v) is 1.91. The van der Waals surface area contributed by atoms with E-state index in [0.29, 0.717) is 0 Å². The van der Waals surface area contributed by atoms with E-state index in [1.165, 1.54) is 7.11 Å². The van der Waals surface area contributed by atoms with E-state index in [0.717, 1.165) is 12.5 Å². The zero-order chi connectivity index (χ0) is 12.9. The maximum Gasteiger partial charge on any atom is 0.433 e. The number of carbonyl (C=O) groups excluding carboxylic acids is 1. The fourth-order valence-electron chi connectivity index (χ4n) is 1.17. The van der Waals surface area contributed by atoms with Crippen LogP contribution in [0.1, 0.15) is 11.3 Å². The Morgan fingerprint density at radius 3 is 2.82 bits per heavy atom. The van der Waals surface area contributed by atoms with Gasteiger partial charge in [-0.05, 0) is 6.42 Å². The van der Waals surface area contributed by atoms with Crippen LogP contribution in [0.5, 0.6) is 0 Å². The summed E-state index contributed by atoms with van der Waals surface area (Å²) >= 11 is 0. The van der Waals surface area contributed by atoms with Gasteiger partial charge in [-0.2, -0.15) is 13.2 Å². The lowest BCUT2D eigenvalue weighted by Gasteiger charge is -2.10. The van der Waals surface area contributed by atoms with E-state index in [-0.39, 0.29) is 18.5 Å². The standard InChI is InChI=1S/C9H10F3N3O2/c1-17-8(16)14-3-2-6-4-13-5-15-7(6)9(10,11)12/h4-5H,2-3H2,1H3,(H,14,16). The van der Waals surface area contributed by atoms with Crippen molar-refractivity contribution in [3.05, 3.63) is 23.8 Å². The average Bonchev–Trinajstić information content (AvgIpc) is 2.28. The number of ether oxygens (including phenoxy) is 1. The van der Waals surface area contributed by atoms with Crippen molar-refractivity contribution < 1.29 is 22.7 Å². The molecule has 0 aromatic carbocycles. The van der Waals surface area contributed by atoms with Crippen LogP contribution in [0.2, 0.25) is 0 Å². The Kier molecular flexibility index (Phi) is 4.24. The molecule has 1 rings (SSSR count). The lowest BCUT2D eigenvalue weighted by atomic mass is 10.1. The molecule has 94 valence electrons. The lowest BCUT2D eigenvalue weighted by Crippen LogP contribution is -2.26. The Labute approximate surface area is 95.0 Å². The fraction of sp³-hybridized carbons (Fsp3) is 0.444. The molecule has 0 bridgehead atoms. The Bertz CT molecular complexity index is 395. The van der Waals surface area contributed by atoms with Gasteiger partial charge in [0, 0.05) is 18.3 Å². The number of alkyl carbamates (subject to hydrolysis) is 1. The van der Waals surface area contributed by atoms with Crippen LogP contribution in [0, 0.1) is 0 Å². The van der Waals surface area contributed by atoms with E-state index in [9.17, 15) is 18.0 Å². The largest absolute Gasteiger partial charge is 0.453 e. The summed E-state index contributed by atoms with van der Waals surface area (Å²) in [5.74, 6) is 0. The first-order chi connectivity index (χ1) is 7.95. The first-order valence-electron chi connectivity index (χ1n) is 4.63. The highest BCUT2D eigenvalue weighted by Gasteiger charge is 2.35. The van der Waals surface area contributed by atoms with Crippen molar-refractivity contribution in [2.24, 2.45) is 0 Å². The maximum atomic E-state index is 12.5. The number of rotatable bonds is 3. The van der Waals surface area contributed by atoms with Crippen molar-refractivity contribution in [1.29, 1.82) is 0 Å². The second-order valence-electron chi connectivity index (χ2n) is 3.06. The number of nitrogens with one attached hydrogen (secondary N) is 1. The number of methoxy groups -OCH3 is 1. The predicted octanol–water partition coefficient (Wildman–Crippen LogP) is 1.39. The van der Waals surface area contributed by atoms with Crippen LogP contribution >= 0.6 is 0 Å². The van der Waals surface area contributed by atoms with Gasteiger partial charge in [-0.25, -0.2) is 14.8 Å². The Morgan fingerprint density at radius 2 is 2.24 bits per heavy atom. The van der Waals surface area contributed by atoms with Gasteiger partial charge in [0.2, 0.25) is 0 Å². The summed E-state index contributed by atoms with van der Waals surface area (Å²) < 4.78 is 41.8. The van der Waals surface area contributed by atoms with Crippen LogP contribution in [0.4, 0.5) is 18.0 Å². The number of amides is 1. The molecule has 0 aliphatic carbocycles. The van der Waals surface area contributed by atoms with Crippen LogP contribution in [-0.2, 0) is 17.3 Å². The van der Waals surface area contributed by atoms with E-state index >= 15 is 0 Å². The third-order valence-electron chi connectivity index (χ3n) is 1.91. The SMILES string of the molecule is COC(=O)NCCc1cncnc1C(F)(F)F. The summed E-state index contributed by atoms with van der Waals surface area (Å²) in [6.45, 7) is 0.0170. The van der Waals surface area contributed by atoms with Crippen molar-refractivity contribution in [2.75, 3.05) is 13.7 Å². The molecule has 0 saturated heterocycles. The molecule has 5 nitrogen and oxygen atoms in total. The maximum absolute atomic E-state index is 12.5. The number of hydrogen-bond acceptors (Lipinski definition) is 4. The highest BCUT2D eigenvalue weighted by Crippen LogP contribution is 2.29. The molecule has 1 aromatic heterocycles. The molecule has 1 amide bonds. The van der Waals surface area contributed by atoms with Gasteiger partial charge in [0.1, 0.15) is 6.33 Å². The molecular formula is C9H10F3N3O2. The zero-order valence-electron chi connectivity index (χ0n) is 8.91. The molecule has 0 fully saturated rings. The number of halogens is 3. The van der Waals surface area contributed by atoms with Gasteiger partial charge in [0.25, 0.3) is 0 Å². The summed E-state index contributed by atoms with van der Waals surface area (Å²) in [5, 5.41) is 2.28. The lowest BCUT2D eigenvalue weighted by molar-refractivity contribution is -0.141. The van der Waals surface area contributed by atoms with E-state index < -0.39 is 18.0 Å². The minimum Gasteiger partial charge on any atom is -0.453 e. The molecule has 1 aromatic rings. The Balaban J connectivity index is 2.68. The second kappa shape index (κ2) is 5.46. The molecule has 8 heteroatoms. The summed E-state index contributed by atoms with van der Waals surface area (Å²) in [6, 6.07) is 0. The quantitative estimate of drug-likeness (QED) is 0.879. The fourth-order valence-corrected chi connectivity index (χ4v) is 1.17. The zero-order valence-corrected chi connectivity index (χ0v) is 8.91. The number of aromatic nitrogens is 2. The van der Waals surface area contributed by atoms with Gasteiger partial charge in [-0.3, -0.25) is 0 Å². The van der Waals surface area contributed by atoms with Gasteiger partial charge in [-0.15, -0.1) is 0 Å². The molecule has 0 atom stereocenters. The molecule has 0 saturated carbocycles. The number of carbonyl (C=O) groups is 1.